The zero-order valence-corrected chi connectivity index (χ0v) is 22.5. The van der Waals surface area contributed by atoms with Crippen molar-refractivity contribution < 1.29 is 13.9 Å². The van der Waals surface area contributed by atoms with Crippen LogP contribution in [0.3, 0.4) is 0 Å². The third-order valence-corrected chi connectivity index (χ3v) is 7.74. The number of ether oxygens (including phenoxy) is 2. The summed E-state index contributed by atoms with van der Waals surface area (Å²) < 4.78 is 19.6. The van der Waals surface area contributed by atoms with E-state index in [1.54, 1.807) is 0 Å². The lowest BCUT2D eigenvalue weighted by molar-refractivity contribution is 0.0971. The molecule has 5 heteroatoms. The molecule has 0 saturated carbocycles. The molecule has 0 radical (unpaired) electrons. The van der Waals surface area contributed by atoms with Gasteiger partial charge in [0.15, 0.2) is 0 Å². The van der Waals surface area contributed by atoms with Gasteiger partial charge < -0.3 is 13.9 Å². The molecule has 0 aliphatic carbocycles. The molecule has 2 aliphatic rings. The summed E-state index contributed by atoms with van der Waals surface area (Å²) in [6.07, 6.45) is 0. The summed E-state index contributed by atoms with van der Waals surface area (Å²) in [5.41, 5.74) is 4.48. The molecular weight excluding hydrogens is 484 g/mol. The quantitative estimate of drug-likeness (QED) is 0.243. The number of para-hydroxylation sites is 2. The van der Waals surface area contributed by atoms with Crippen molar-refractivity contribution in [2.24, 2.45) is 9.98 Å². The number of rotatable bonds is 4. The largest absolute Gasteiger partial charge is 0.469 e. The van der Waals surface area contributed by atoms with Crippen LogP contribution in [0, 0.1) is 0 Å². The number of nitrogens with zero attached hydrogens (tertiary/aromatic N) is 2. The summed E-state index contributed by atoms with van der Waals surface area (Å²) >= 11 is 0. The van der Waals surface area contributed by atoms with Crippen LogP contribution in [-0.4, -0.2) is 23.0 Å². The maximum Gasteiger partial charge on any atom is 0.221 e. The van der Waals surface area contributed by atoms with Crippen molar-refractivity contribution in [3.05, 3.63) is 119 Å². The molecular formula is C34H30N2O3. The number of hydrogen-bond donors (Lipinski definition) is 0. The van der Waals surface area contributed by atoms with Crippen molar-refractivity contribution >= 4 is 33.7 Å². The average molecular weight is 515 g/mol. The molecule has 7 rings (SSSR count). The van der Waals surface area contributed by atoms with Crippen molar-refractivity contribution in [3.8, 4) is 0 Å². The molecule has 5 nitrogen and oxygen atoms in total. The monoisotopic (exact) mass is 514 g/mol. The topological polar surface area (TPSA) is 56.3 Å². The summed E-state index contributed by atoms with van der Waals surface area (Å²) in [6, 6.07) is 32.6. The lowest BCUT2D eigenvalue weighted by Gasteiger charge is -2.25. The van der Waals surface area contributed by atoms with E-state index in [-0.39, 0.29) is 12.1 Å². The fourth-order valence-corrected chi connectivity index (χ4v) is 5.84. The highest BCUT2D eigenvalue weighted by atomic mass is 16.5. The second kappa shape index (κ2) is 8.57. The molecule has 1 aromatic heterocycles. The standard InChI is InChI=1S/C34H30N2O3/c1-33(2)29(21-13-7-5-8-14-21)35-31(38-33)25-19-11-17-23-24-18-12-20-26(28(24)37-27(23)25)32-36-30(34(3,4)39-32)22-15-9-6-10-16-22/h5-20,29-30H,1-4H3/t29-,30-/m0/s1. The Labute approximate surface area is 227 Å². The Hall–Kier alpha value is -4.38. The van der Waals surface area contributed by atoms with Crippen LogP contribution in [0.5, 0.6) is 0 Å². The van der Waals surface area contributed by atoms with Gasteiger partial charge in [0.25, 0.3) is 0 Å². The summed E-state index contributed by atoms with van der Waals surface area (Å²) in [6.45, 7) is 8.33. The average Bonchev–Trinajstić information content (AvgIpc) is 3.59. The smallest absolute Gasteiger partial charge is 0.221 e. The zero-order valence-electron chi connectivity index (χ0n) is 22.5. The Morgan fingerprint density at radius 2 is 0.923 bits per heavy atom. The van der Waals surface area contributed by atoms with Gasteiger partial charge in [-0.2, -0.15) is 0 Å². The van der Waals surface area contributed by atoms with Crippen molar-refractivity contribution in [1.29, 1.82) is 0 Å². The molecule has 0 N–H and O–H groups in total. The molecule has 0 bridgehead atoms. The summed E-state index contributed by atoms with van der Waals surface area (Å²) in [5.74, 6) is 1.19. The minimum absolute atomic E-state index is 0.109. The highest BCUT2D eigenvalue weighted by Crippen LogP contribution is 2.43. The van der Waals surface area contributed by atoms with Gasteiger partial charge in [-0.05, 0) is 51.0 Å². The zero-order chi connectivity index (χ0) is 26.8. The first kappa shape index (κ1) is 23.7. The first-order valence-electron chi connectivity index (χ1n) is 13.4. The van der Waals surface area contributed by atoms with Crippen LogP contribution in [0.1, 0.15) is 62.0 Å². The van der Waals surface area contributed by atoms with Crippen LogP contribution in [0.25, 0.3) is 21.9 Å². The van der Waals surface area contributed by atoms with E-state index in [4.69, 9.17) is 23.9 Å². The van der Waals surface area contributed by atoms with E-state index in [1.165, 1.54) is 0 Å². The number of aliphatic imine (C=N–C) groups is 2. The van der Waals surface area contributed by atoms with Gasteiger partial charge in [-0.1, -0.05) is 84.9 Å². The summed E-state index contributed by atoms with van der Waals surface area (Å²) in [5, 5.41) is 2.02. The molecule has 2 aliphatic heterocycles. The molecule has 2 atom stereocenters. The van der Waals surface area contributed by atoms with Gasteiger partial charge in [0.2, 0.25) is 11.8 Å². The predicted molar refractivity (Wildman–Crippen MR) is 155 cm³/mol. The highest BCUT2D eigenvalue weighted by Gasteiger charge is 2.42. The van der Waals surface area contributed by atoms with Gasteiger partial charge in [-0.3, -0.25) is 0 Å². The molecule has 5 aromatic rings. The number of fused-ring (bicyclic) bond motifs is 3. The van der Waals surface area contributed by atoms with E-state index in [2.05, 4.69) is 64.1 Å². The Kier molecular flexibility index (Phi) is 5.21. The Morgan fingerprint density at radius 3 is 1.33 bits per heavy atom. The van der Waals surface area contributed by atoms with Crippen molar-refractivity contribution in [3.63, 3.8) is 0 Å². The Balaban J connectivity index is 1.35. The molecule has 0 spiro atoms. The molecule has 4 aromatic carbocycles. The Bertz CT molecular complexity index is 1630. The normalized spacial score (nSPS) is 21.4. The van der Waals surface area contributed by atoms with Crippen molar-refractivity contribution in [2.75, 3.05) is 0 Å². The summed E-state index contributed by atoms with van der Waals surface area (Å²) in [4.78, 5) is 10.1. The van der Waals surface area contributed by atoms with Crippen molar-refractivity contribution in [2.45, 2.75) is 51.0 Å². The summed E-state index contributed by atoms with van der Waals surface area (Å²) in [7, 11) is 0. The maximum atomic E-state index is 6.64. The molecule has 0 saturated heterocycles. The first-order valence-corrected chi connectivity index (χ1v) is 13.4. The van der Waals surface area contributed by atoms with Crippen LogP contribution in [-0.2, 0) is 9.47 Å². The molecule has 194 valence electrons. The van der Waals surface area contributed by atoms with Crippen LogP contribution in [0.4, 0.5) is 0 Å². The van der Waals surface area contributed by atoms with E-state index < -0.39 is 11.2 Å². The van der Waals surface area contributed by atoms with Crippen LogP contribution >= 0.6 is 0 Å². The lowest BCUT2D eigenvalue weighted by Crippen LogP contribution is -2.27. The lowest BCUT2D eigenvalue weighted by atomic mass is 9.93. The van der Waals surface area contributed by atoms with Gasteiger partial charge in [0.05, 0.1) is 11.1 Å². The van der Waals surface area contributed by atoms with Gasteiger partial charge >= 0.3 is 0 Å². The predicted octanol–water partition coefficient (Wildman–Crippen LogP) is 8.18. The minimum Gasteiger partial charge on any atom is -0.469 e. The molecule has 39 heavy (non-hydrogen) atoms. The third kappa shape index (κ3) is 3.84. The molecule has 0 fully saturated rings. The number of benzene rings is 4. The minimum atomic E-state index is -0.486. The maximum absolute atomic E-state index is 6.64. The van der Waals surface area contributed by atoms with E-state index >= 15 is 0 Å². The third-order valence-electron chi connectivity index (χ3n) is 7.74. The molecule has 3 heterocycles. The van der Waals surface area contributed by atoms with Crippen molar-refractivity contribution in [1.82, 2.24) is 0 Å². The van der Waals surface area contributed by atoms with Gasteiger partial charge in [-0.25, -0.2) is 9.98 Å². The Morgan fingerprint density at radius 1 is 0.513 bits per heavy atom. The van der Waals surface area contributed by atoms with E-state index in [1.807, 2.05) is 60.7 Å². The van der Waals surface area contributed by atoms with Crippen LogP contribution in [0.15, 0.2) is 111 Å². The van der Waals surface area contributed by atoms with Crippen LogP contribution in [0.2, 0.25) is 0 Å². The number of hydrogen-bond acceptors (Lipinski definition) is 5. The van der Waals surface area contributed by atoms with Crippen LogP contribution < -0.4 is 0 Å². The number of furan rings is 1. The second-order valence-corrected chi connectivity index (χ2v) is 11.4. The SMILES string of the molecule is CC1(C)OC(c2cccc3c2oc2c(C4=N[C@@H](c5ccccc5)C(C)(C)O4)cccc23)=N[C@H]1c1ccccc1. The van der Waals surface area contributed by atoms with E-state index in [0.717, 1.165) is 44.2 Å². The van der Waals surface area contributed by atoms with E-state index in [0.29, 0.717) is 11.8 Å². The van der Waals surface area contributed by atoms with Gasteiger partial charge in [0, 0.05) is 10.8 Å². The second-order valence-electron chi connectivity index (χ2n) is 11.4. The fourth-order valence-electron chi connectivity index (χ4n) is 5.84. The molecule has 0 unspecified atom stereocenters. The highest BCUT2D eigenvalue weighted by molar-refractivity contribution is 6.17. The molecule has 0 amide bonds. The first-order chi connectivity index (χ1) is 18.8. The van der Waals surface area contributed by atoms with Gasteiger partial charge in [0.1, 0.15) is 34.5 Å². The fraction of sp³-hybridized carbons (Fsp3) is 0.235. The van der Waals surface area contributed by atoms with Gasteiger partial charge in [-0.15, -0.1) is 0 Å². The van der Waals surface area contributed by atoms with E-state index in [9.17, 15) is 0 Å².